The van der Waals surface area contributed by atoms with E-state index in [-0.39, 0.29) is 5.92 Å². The van der Waals surface area contributed by atoms with Crippen LogP contribution < -0.4 is 4.90 Å². The van der Waals surface area contributed by atoms with Crippen LogP contribution in [0.3, 0.4) is 0 Å². The van der Waals surface area contributed by atoms with Gasteiger partial charge in [0.25, 0.3) is 0 Å². The van der Waals surface area contributed by atoms with Crippen molar-refractivity contribution < 1.29 is 0 Å². The van der Waals surface area contributed by atoms with Gasteiger partial charge in [0.15, 0.2) is 0 Å². The molecular formula is C11H12N3. The number of aromatic nitrogens is 1. The Kier molecular flexibility index (Phi) is 2.64. The van der Waals surface area contributed by atoms with Gasteiger partial charge in [-0.2, -0.15) is 5.26 Å². The molecule has 0 spiro atoms. The summed E-state index contributed by atoms with van der Waals surface area (Å²) in [5.41, 5.74) is 0. The maximum Gasteiger partial charge on any atom is 0.128 e. The van der Waals surface area contributed by atoms with E-state index < -0.39 is 0 Å². The molecule has 0 saturated carbocycles. The number of rotatable bonds is 1. The molecule has 0 N–H and O–H groups in total. The molecule has 1 aliphatic heterocycles. The number of hydrogen-bond acceptors (Lipinski definition) is 3. The quantitative estimate of drug-likeness (QED) is 0.669. The maximum atomic E-state index is 8.76. The van der Waals surface area contributed by atoms with Gasteiger partial charge in [0, 0.05) is 31.3 Å². The maximum absolute atomic E-state index is 8.76. The summed E-state index contributed by atoms with van der Waals surface area (Å²) in [7, 11) is 0. The summed E-state index contributed by atoms with van der Waals surface area (Å²) >= 11 is 0. The largest absolute Gasteiger partial charge is 0.357 e. The number of piperidine rings is 1. The molecule has 3 heteroatoms. The Morgan fingerprint density at radius 1 is 1.50 bits per heavy atom. The van der Waals surface area contributed by atoms with Crippen molar-refractivity contribution >= 4 is 5.82 Å². The molecule has 71 valence electrons. The second-order valence-corrected chi connectivity index (χ2v) is 3.51. The predicted molar refractivity (Wildman–Crippen MR) is 53.6 cm³/mol. The Bertz CT molecular complexity index is 320. The van der Waals surface area contributed by atoms with Crippen LogP contribution in [0.1, 0.15) is 12.8 Å². The summed E-state index contributed by atoms with van der Waals surface area (Å²) in [6, 6.07) is 9.06. The highest BCUT2D eigenvalue weighted by atomic mass is 15.2. The summed E-state index contributed by atoms with van der Waals surface area (Å²) < 4.78 is 0. The first kappa shape index (κ1) is 9.01. The lowest BCUT2D eigenvalue weighted by atomic mass is 9.99. The van der Waals surface area contributed by atoms with E-state index in [1.54, 1.807) is 6.20 Å². The minimum atomic E-state index is 0.238. The predicted octanol–water partition coefficient (Wildman–Crippen LogP) is 1.62. The fraction of sp³-hybridized carbons (Fsp3) is 0.455. The fourth-order valence-electron chi connectivity index (χ4n) is 1.74. The molecular weight excluding hydrogens is 174 g/mol. The monoisotopic (exact) mass is 186 g/mol. The molecule has 2 rings (SSSR count). The van der Waals surface area contributed by atoms with Crippen molar-refractivity contribution in [3.05, 3.63) is 24.4 Å². The summed E-state index contributed by atoms with van der Waals surface area (Å²) in [5.74, 6) is 1.24. The van der Waals surface area contributed by atoms with Crippen LogP contribution in [0.4, 0.5) is 5.82 Å². The second kappa shape index (κ2) is 4.10. The molecule has 0 aromatic carbocycles. The Hall–Kier alpha value is -1.56. The molecule has 2 heterocycles. The molecule has 1 aromatic heterocycles. The van der Waals surface area contributed by atoms with E-state index in [1.165, 1.54) is 0 Å². The molecule has 1 saturated heterocycles. The highest BCUT2D eigenvalue weighted by Crippen LogP contribution is 2.20. The Labute approximate surface area is 84.0 Å². The third kappa shape index (κ3) is 1.85. The molecule has 1 fully saturated rings. The highest BCUT2D eigenvalue weighted by Gasteiger charge is 2.18. The molecule has 1 radical (unpaired) electrons. The molecule has 0 amide bonds. The summed E-state index contributed by atoms with van der Waals surface area (Å²) in [4.78, 5) is 6.46. The number of nitriles is 1. The van der Waals surface area contributed by atoms with Gasteiger partial charge in [0.05, 0.1) is 6.07 Å². The van der Waals surface area contributed by atoms with E-state index in [9.17, 15) is 0 Å². The van der Waals surface area contributed by atoms with Crippen molar-refractivity contribution in [1.29, 1.82) is 5.26 Å². The van der Waals surface area contributed by atoms with Crippen molar-refractivity contribution in [3.63, 3.8) is 0 Å². The molecule has 1 aromatic rings. The van der Waals surface area contributed by atoms with Crippen molar-refractivity contribution in [1.82, 2.24) is 4.98 Å². The van der Waals surface area contributed by atoms with E-state index >= 15 is 0 Å². The van der Waals surface area contributed by atoms with Gasteiger partial charge < -0.3 is 4.90 Å². The highest BCUT2D eigenvalue weighted by molar-refractivity contribution is 5.37. The van der Waals surface area contributed by atoms with Gasteiger partial charge in [-0.3, -0.25) is 0 Å². The van der Waals surface area contributed by atoms with Crippen LogP contribution in [0.5, 0.6) is 0 Å². The zero-order valence-electron chi connectivity index (χ0n) is 7.98. The normalized spacial score (nSPS) is 17.8. The van der Waals surface area contributed by atoms with Crippen LogP contribution in [0.2, 0.25) is 0 Å². The van der Waals surface area contributed by atoms with Crippen molar-refractivity contribution in [2.45, 2.75) is 12.8 Å². The number of anilines is 1. The lowest BCUT2D eigenvalue weighted by Crippen LogP contribution is -2.33. The SMILES string of the molecule is N#CC1CCN(c2cc[c]cn2)CC1. The van der Waals surface area contributed by atoms with Crippen LogP contribution in [0.25, 0.3) is 0 Å². The van der Waals surface area contributed by atoms with Crippen LogP contribution in [0, 0.1) is 23.3 Å². The van der Waals surface area contributed by atoms with Gasteiger partial charge >= 0.3 is 0 Å². The molecule has 0 atom stereocenters. The smallest absolute Gasteiger partial charge is 0.128 e. The third-order valence-corrected chi connectivity index (χ3v) is 2.60. The first-order valence-electron chi connectivity index (χ1n) is 4.87. The average Bonchev–Trinajstić information content (AvgIpc) is 2.30. The third-order valence-electron chi connectivity index (χ3n) is 2.60. The van der Waals surface area contributed by atoms with E-state index in [2.05, 4.69) is 22.0 Å². The molecule has 3 nitrogen and oxygen atoms in total. The van der Waals surface area contributed by atoms with Gasteiger partial charge in [-0.25, -0.2) is 4.98 Å². The van der Waals surface area contributed by atoms with Crippen LogP contribution >= 0.6 is 0 Å². The van der Waals surface area contributed by atoms with Gasteiger partial charge in [-0.15, -0.1) is 0 Å². The average molecular weight is 186 g/mol. The van der Waals surface area contributed by atoms with Crippen LogP contribution in [-0.2, 0) is 0 Å². The zero-order valence-corrected chi connectivity index (χ0v) is 7.98. The standard InChI is InChI=1S/C11H12N3/c12-9-10-4-7-14(8-5-10)11-3-1-2-6-13-11/h1,3,6,10H,4-5,7-8H2. The first-order chi connectivity index (χ1) is 6.90. The lowest BCUT2D eigenvalue weighted by Gasteiger charge is -2.29. The molecule has 0 bridgehead atoms. The van der Waals surface area contributed by atoms with Gasteiger partial charge in [0.2, 0.25) is 0 Å². The first-order valence-corrected chi connectivity index (χ1v) is 4.87. The number of pyridine rings is 1. The molecule has 0 aliphatic carbocycles. The number of nitrogens with zero attached hydrogens (tertiary/aromatic N) is 3. The number of hydrogen-bond donors (Lipinski definition) is 0. The topological polar surface area (TPSA) is 39.9 Å². The lowest BCUT2D eigenvalue weighted by molar-refractivity contribution is 0.485. The summed E-state index contributed by atoms with van der Waals surface area (Å²) in [6.45, 7) is 1.88. The van der Waals surface area contributed by atoms with Crippen molar-refractivity contribution in [2.24, 2.45) is 5.92 Å². The zero-order chi connectivity index (χ0) is 9.80. The van der Waals surface area contributed by atoms with Crippen LogP contribution in [0.15, 0.2) is 18.3 Å². The fourth-order valence-corrected chi connectivity index (χ4v) is 1.74. The van der Waals surface area contributed by atoms with Gasteiger partial charge in [-0.1, -0.05) is 0 Å². The Morgan fingerprint density at radius 3 is 2.86 bits per heavy atom. The molecule has 14 heavy (non-hydrogen) atoms. The Balaban J connectivity index is 2.00. The van der Waals surface area contributed by atoms with Crippen molar-refractivity contribution in [2.75, 3.05) is 18.0 Å². The molecule has 1 aliphatic rings. The summed E-state index contributed by atoms with van der Waals surface area (Å²) in [5, 5.41) is 8.76. The molecule has 0 unspecified atom stereocenters. The van der Waals surface area contributed by atoms with Crippen LogP contribution in [-0.4, -0.2) is 18.1 Å². The second-order valence-electron chi connectivity index (χ2n) is 3.51. The van der Waals surface area contributed by atoms with Gasteiger partial charge in [0.1, 0.15) is 5.82 Å². The van der Waals surface area contributed by atoms with Gasteiger partial charge in [-0.05, 0) is 25.0 Å². The minimum absolute atomic E-state index is 0.238. The van der Waals surface area contributed by atoms with E-state index in [0.29, 0.717) is 0 Å². The van der Waals surface area contributed by atoms with E-state index in [0.717, 1.165) is 31.7 Å². The van der Waals surface area contributed by atoms with E-state index in [1.807, 2.05) is 12.1 Å². The summed E-state index contributed by atoms with van der Waals surface area (Å²) in [6.07, 6.45) is 3.60. The minimum Gasteiger partial charge on any atom is -0.357 e. The Morgan fingerprint density at radius 2 is 2.29 bits per heavy atom. The van der Waals surface area contributed by atoms with E-state index in [4.69, 9.17) is 5.26 Å². The van der Waals surface area contributed by atoms with Crippen molar-refractivity contribution in [3.8, 4) is 6.07 Å².